The van der Waals surface area contributed by atoms with Gasteiger partial charge in [-0.05, 0) is 38.7 Å². The predicted octanol–water partition coefficient (Wildman–Crippen LogP) is 3.18. The van der Waals surface area contributed by atoms with Crippen LogP contribution in [0.5, 0.6) is 0 Å². The van der Waals surface area contributed by atoms with Gasteiger partial charge in [0.1, 0.15) is 5.76 Å². The van der Waals surface area contributed by atoms with E-state index in [-0.39, 0.29) is 11.8 Å². The van der Waals surface area contributed by atoms with E-state index < -0.39 is 8.07 Å². The zero-order valence-corrected chi connectivity index (χ0v) is 15.9. The lowest BCUT2D eigenvalue weighted by Crippen LogP contribution is -2.40. The van der Waals surface area contributed by atoms with E-state index in [2.05, 4.69) is 57.7 Å². The Morgan fingerprint density at radius 3 is 2.36 bits per heavy atom. The minimum Gasteiger partial charge on any atom is -0.494 e. The third kappa shape index (κ3) is 3.82. The van der Waals surface area contributed by atoms with Crippen molar-refractivity contribution in [2.75, 3.05) is 33.9 Å². The first-order chi connectivity index (χ1) is 10.3. The summed E-state index contributed by atoms with van der Waals surface area (Å²) in [5, 5.41) is 1.43. The number of hydrogen-bond acceptors (Lipinski definition) is 4. The molecule has 0 radical (unpaired) electrons. The standard InChI is InChI=1S/C17H31NO3Si/c1-7-19-14-12-17(18(2)3,13-15(14)22(4,5)6)9-8-16-20-10-11-21-16/h12-13,16H,7-11H2,1-6H3. The summed E-state index contributed by atoms with van der Waals surface area (Å²) in [4.78, 5) is 2.29. The molecule has 126 valence electrons. The summed E-state index contributed by atoms with van der Waals surface area (Å²) in [6, 6.07) is 0. The number of nitrogens with zero attached hydrogens (tertiary/aromatic N) is 1. The van der Waals surface area contributed by atoms with Gasteiger partial charge in [-0.1, -0.05) is 25.7 Å². The van der Waals surface area contributed by atoms with Crippen molar-refractivity contribution < 1.29 is 14.2 Å². The number of allylic oxidation sites excluding steroid dienone is 1. The van der Waals surface area contributed by atoms with Gasteiger partial charge in [-0.2, -0.15) is 0 Å². The molecule has 1 aliphatic heterocycles. The fraction of sp³-hybridized carbons (Fsp3) is 0.765. The Morgan fingerprint density at radius 1 is 1.23 bits per heavy atom. The van der Waals surface area contributed by atoms with Crippen molar-refractivity contribution in [3.63, 3.8) is 0 Å². The summed E-state index contributed by atoms with van der Waals surface area (Å²) < 4.78 is 17.2. The molecular formula is C17H31NO3Si. The molecule has 1 heterocycles. The summed E-state index contributed by atoms with van der Waals surface area (Å²) in [5.41, 5.74) is -0.0879. The first-order valence-corrected chi connectivity index (χ1v) is 11.8. The van der Waals surface area contributed by atoms with E-state index >= 15 is 0 Å². The molecule has 0 bridgehead atoms. The highest BCUT2D eigenvalue weighted by Gasteiger charge is 2.40. The van der Waals surface area contributed by atoms with Crippen molar-refractivity contribution in [2.45, 2.75) is 51.2 Å². The van der Waals surface area contributed by atoms with Crippen molar-refractivity contribution in [1.29, 1.82) is 0 Å². The summed E-state index contributed by atoms with van der Waals surface area (Å²) in [6.07, 6.45) is 6.57. The fourth-order valence-corrected chi connectivity index (χ4v) is 4.64. The van der Waals surface area contributed by atoms with E-state index in [1.807, 2.05) is 0 Å². The van der Waals surface area contributed by atoms with Crippen LogP contribution in [0.1, 0.15) is 19.8 Å². The monoisotopic (exact) mass is 325 g/mol. The van der Waals surface area contributed by atoms with E-state index in [1.54, 1.807) is 0 Å². The molecule has 4 nitrogen and oxygen atoms in total. The second-order valence-electron chi connectivity index (χ2n) is 7.35. The molecule has 2 rings (SSSR count). The van der Waals surface area contributed by atoms with Gasteiger partial charge < -0.3 is 14.2 Å². The maximum Gasteiger partial charge on any atom is 0.157 e. The lowest BCUT2D eigenvalue weighted by atomic mass is 9.93. The molecule has 0 N–H and O–H groups in total. The van der Waals surface area contributed by atoms with Gasteiger partial charge in [-0.25, -0.2) is 0 Å². The molecule has 0 aromatic carbocycles. The Bertz CT molecular complexity index is 447. The van der Waals surface area contributed by atoms with E-state index in [0.29, 0.717) is 6.61 Å². The lowest BCUT2D eigenvalue weighted by Gasteiger charge is -2.34. The van der Waals surface area contributed by atoms with Gasteiger partial charge in [0.05, 0.1) is 33.4 Å². The largest absolute Gasteiger partial charge is 0.494 e. The molecule has 1 unspecified atom stereocenters. The highest BCUT2D eigenvalue weighted by molar-refractivity contribution is 6.84. The summed E-state index contributed by atoms with van der Waals surface area (Å²) in [7, 11) is 2.84. The van der Waals surface area contributed by atoms with Crippen LogP contribution in [-0.2, 0) is 14.2 Å². The molecule has 1 aliphatic carbocycles. The van der Waals surface area contributed by atoms with E-state index in [0.717, 1.165) is 31.8 Å². The molecule has 0 aromatic rings. The van der Waals surface area contributed by atoms with Crippen LogP contribution in [0.15, 0.2) is 23.1 Å². The molecule has 2 aliphatic rings. The maximum absolute atomic E-state index is 5.96. The quantitative estimate of drug-likeness (QED) is 0.673. The van der Waals surface area contributed by atoms with Crippen molar-refractivity contribution in [3.8, 4) is 0 Å². The minimum absolute atomic E-state index is 0.0508. The van der Waals surface area contributed by atoms with E-state index in [1.165, 1.54) is 5.20 Å². The Labute approximate surface area is 136 Å². The fourth-order valence-electron chi connectivity index (χ4n) is 3.08. The molecule has 1 fully saturated rings. The Morgan fingerprint density at radius 2 is 1.86 bits per heavy atom. The molecular weight excluding hydrogens is 294 g/mol. The van der Waals surface area contributed by atoms with Crippen LogP contribution < -0.4 is 0 Å². The highest BCUT2D eigenvalue weighted by atomic mass is 28.3. The first kappa shape index (κ1) is 17.7. The molecule has 0 spiro atoms. The van der Waals surface area contributed by atoms with Gasteiger partial charge in [0.25, 0.3) is 0 Å². The Hall–Kier alpha value is -0.623. The second-order valence-corrected chi connectivity index (χ2v) is 12.4. The average Bonchev–Trinajstić information content (AvgIpc) is 3.03. The topological polar surface area (TPSA) is 30.9 Å². The zero-order valence-electron chi connectivity index (χ0n) is 14.9. The molecule has 0 aromatic heterocycles. The molecule has 22 heavy (non-hydrogen) atoms. The van der Waals surface area contributed by atoms with Crippen LogP contribution in [0.2, 0.25) is 19.6 Å². The van der Waals surface area contributed by atoms with Crippen LogP contribution in [0.4, 0.5) is 0 Å². The van der Waals surface area contributed by atoms with E-state index in [4.69, 9.17) is 14.2 Å². The predicted molar refractivity (Wildman–Crippen MR) is 92.5 cm³/mol. The van der Waals surface area contributed by atoms with Gasteiger partial charge in [0, 0.05) is 6.42 Å². The van der Waals surface area contributed by atoms with Crippen molar-refractivity contribution >= 4 is 8.07 Å². The summed E-state index contributed by atoms with van der Waals surface area (Å²) >= 11 is 0. The van der Waals surface area contributed by atoms with Crippen molar-refractivity contribution in [3.05, 3.63) is 23.1 Å². The zero-order chi connectivity index (χ0) is 16.4. The molecule has 0 amide bonds. The second kappa shape index (κ2) is 6.87. The van der Waals surface area contributed by atoms with Crippen molar-refractivity contribution in [2.24, 2.45) is 0 Å². The first-order valence-electron chi connectivity index (χ1n) is 8.28. The Balaban J connectivity index is 2.23. The van der Waals surface area contributed by atoms with Gasteiger partial charge >= 0.3 is 0 Å². The molecule has 5 heteroatoms. The summed E-state index contributed by atoms with van der Waals surface area (Å²) in [6.45, 7) is 11.3. The molecule has 0 saturated carbocycles. The van der Waals surface area contributed by atoms with Crippen LogP contribution in [-0.4, -0.2) is 58.7 Å². The Kier molecular flexibility index (Phi) is 5.53. The number of likely N-dealkylation sites (N-methyl/N-ethyl adjacent to an activating group) is 1. The smallest absolute Gasteiger partial charge is 0.157 e. The lowest BCUT2D eigenvalue weighted by molar-refractivity contribution is -0.0520. The SMILES string of the molecule is CCOC1=CC(CCC2OCCO2)(N(C)C)C=C1[Si](C)(C)C. The molecule has 1 saturated heterocycles. The third-order valence-corrected chi connectivity index (χ3v) is 6.46. The number of hydrogen-bond donors (Lipinski definition) is 0. The third-order valence-electron chi connectivity index (χ3n) is 4.45. The van der Waals surface area contributed by atoms with Gasteiger partial charge in [0.2, 0.25) is 0 Å². The maximum atomic E-state index is 5.96. The van der Waals surface area contributed by atoms with Crippen LogP contribution in [0, 0.1) is 0 Å². The molecule has 1 atom stereocenters. The van der Waals surface area contributed by atoms with Crippen molar-refractivity contribution in [1.82, 2.24) is 4.90 Å². The normalized spacial score (nSPS) is 26.5. The number of rotatable bonds is 7. The van der Waals surface area contributed by atoms with E-state index in [9.17, 15) is 0 Å². The van der Waals surface area contributed by atoms with Gasteiger partial charge in [0.15, 0.2) is 6.29 Å². The van der Waals surface area contributed by atoms with Crippen LogP contribution in [0.25, 0.3) is 0 Å². The summed E-state index contributed by atoms with van der Waals surface area (Å²) in [5.74, 6) is 1.09. The minimum atomic E-state index is -1.44. The highest BCUT2D eigenvalue weighted by Crippen LogP contribution is 2.39. The average molecular weight is 326 g/mol. The number of ether oxygens (including phenoxy) is 3. The van der Waals surface area contributed by atoms with Gasteiger partial charge in [-0.3, -0.25) is 4.90 Å². The van der Waals surface area contributed by atoms with Crippen LogP contribution >= 0.6 is 0 Å². The van der Waals surface area contributed by atoms with Crippen LogP contribution in [0.3, 0.4) is 0 Å². The van der Waals surface area contributed by atoms with Gasteiger partial charge in [-0.15, -0.1) is 0 Å².